The Morgan fingerprint density at radius 2 is 1.87 bits per heavy atom. The Morgan fingerprint density at radius 1 is 1.20 bits per heavy atom. The van der Waals surface area contributed by atoms with Gasteiger partial charge < -0.3 is 0 Å². The lowest BCUT2D eigenvalue weighted by atomic mass is 10.0. The lowest BCUT2D eigenvalue weighted by molar-refractivity contribution is 0.647. The minimum atomic E-state index is 0.610. The van der Waals surface area contributed by atoms with Gasteiger partial charge in [-0.25, -0.2) is 0 Å². The van der Waals surface area contributed by atoms with Crippen LogP contribution in [0.15, 0.2) is 24.3 Å². The number of benzene rings is 1. The highest BCUT2D eigenvalue weighted by molar-refractivity contribution is 6.18. The molecule has 0 aliphatic rings. The zero-order chi connectivity index (χ0) is 11.1. The van der Waals surface area contributed by atoms with E-state index in [1.54, 1.807) is 0 Å². The van der Waals surface area contributed by atoms with Crippen LogP contribution >= 0.6 is 11.6 Å². The molecule has 1 heteroatoms. The second-order valence-corrected chi connectivity index (χ2v) is 4.41. The molecule has 0 bridgehead atoms. The monoisotopic (exact) mass is 220 g/mol. The van der Waals surface area contributed by atoms with E-state index in [4.69, 9.17) is 11.6 Å². The first-order valence-corrected chi connectivity index (χ1v) is 5.89. The standard InChI is InChI=1S/C14H17Cl/c1-12(2)11-14-8-6-13(7-9-14)5-3-4-10-15/h6-9,12H,4,10-11H2,1-2H3. The van der Waals surface area contributed by atoms with Crippen molar-refractivity contribution >= 4 is 11.6 Å². The Labute approximate surface area is 97.7 Å². The molecule has 1 aromatic rings. The first-order valence-electron chi connectivity index (χ1n) is 5.36. The van der Waals surface area contributed by atoms with Gasteiger partial charge in [-0.05, 0) is 30.0 Å². The number of hydrogen-bond donors (Lipinski definition) is 0. The Hall–Kier alpha value is -0.930. The molecule has 0 radical (unpaired) electrons. The summed E-state index contributed by atoms with van der Waals surface area (Å²) < 4.78 is 0. The fourth-order valence-electron chi connectivity index (χ4n) is 1.41. The van der Waals surface area contributed by atoms with Gasteiger partial charge in [0.2, 0.25) is 0 Å². The van der Waals surface area contributed by atoms with Crippen molar-refractivity contribution in [2.75, 3.05) is 5.88 Å². The SMILES string of the molecule is CC(C)Cc1ccc(C#CCCCl)cc1. The molecule has 0 N–H and O–H groups in total. The zero-order valence-electron chi connectivity index (χ0n) is 9.39. The van der Waals surface area contributed by atoms with Crippen LogP contribution in [0.1, 0.15) is 31.4 Å². The van der Waals surface area contributed by atoms with E-state index in [0.29, 0.717) is 11.8 Å². The summed E-state index contributed by atoms with van der Waals surface area (Å²) in [5.74, 6) is 7.44. The normalized spacial score (nSPS) is 9.87. The van der Waals surface area contributed by atoms with Crippen molar-refractivity contribution in [3.8, 4) is 11.8 Å². The lowest BCUT2D eigenvalue weighted by Crippen LogP contribution is -1.93. The number of rotatable bonds is 3. The van der Waals surface area contributed by atoms with Crippen molar-refractivity contribution in [2.24, 2.45) is 5.92 Å². The van der Waals surface area contributed by atoms with Crippen molar-refractivity contribution in [2.45, 2.75) is 26.7 Å². The minimum absolute atomic E-state index is 0.610. The molecule has 15 heavy (non-hydrogen) atoms. The summed E-state index contributed by atoms with van der Waals surface area (Å²) in [6, 6.07) is 8.48. The maximum Gasteiger partial charge on any atom is 0.0333 e. The van der Waals surface area contributed by atoms with Crippen molar-refractivity contribution in [1.82, 2.24) is 0 Å². The van der Waals surface area contributed by atoms with Crippen molar-refractivity contribution < 1.29 is 0 Å². The molecule has 0 saturated heterocycles. The predicted octanol–water partition coefficient (Wildman–Crippen LogP) is 3.87. The third-order valence-corrected chi connectivity index (χ3v) is 2.24. The third-order valence-electron chi connectivity index (χ3n) is 2.05. The molecular formula is C14H17Cl. The summed E-state index contributed by atoms with van der Waals surface area (Å²) in [5, 5.41) is 0. The van der Waals surface area contributed by atoms with E-state index < -0.39 is 0 Å². The Kier molecular flexibility index (Phi) is 5.29. The van der Waals surface area contributed by atoms with Gasteiger partial charge in [0.25, 0.3) is 0 Å². The highest BCUT2D eigenvalue weighted by Gasteiger charge is 1.96. The van der Waals surface area contributed by atoms with Gasteiger partial charge in [0.15, 0.2) is 0 Å². The van der Waals surface area contributed by atoms with Gasteiger partial charge in [0.1, 0.15) is 0 Å². The fourth-order valence-corrected chi connectivity index (χ4v) is 1.50. The van der Waals surface area contributed by atoms with Crippen LogP contribution in [0, 0.1) is 17.8 Å². The van der Waals surface area contributed by atoms with Crippen LogP contribution in [0.5, 0.6) is 0 Å². The Balaban J connectivity index is 2.61. The second kappa shape index (κ2) is 6.53. The Morgan fingerprint density at radius 3 is 2.40 bits per heavy atom. The molecule has 0 fully saturated rings. The topological polar surface area (TPSA) is 0 Å². The molecule has 0 heterocycles. The largest absolute Gasteiger partial charge is 0.126 e. The molecule has 0 unspecified atom stereocenters. The highest BCUT2D eigenvalue weighted by Crippen LogP contribution is 2.09. The minimum Gasteiger partial charge on any atom is -0.126 e. The fraction of sp³-hybridized carbons (Fsp3) is 0.429. The summed E-state index contributed by atoms with van der Waals surface area (Å²) in [4.78, 5) is 0. The van der Waals surface area contributed by atoms with Gasteiger partial charge in [-0.1, -0.05) is 37.8 Å². The van der Waals surface area contributed by atoms with E-state index >= 15 is 0 Å². The van der Waals surface area contributed by atoms with E-state index in [0.717, 1.165) is 18.4 Å². The van der Waals surface area contributed by atoms with Gasteiger partial charge in [0.05, 0.1) is 0 Å². The smallest absolute Gasteiger partial charge is 0.0333 e. The average molecular weight is 221 g/mol. The quantitative estimate of drug-likeness (QED) is 0.536. The summed E-state index contributed by atoms with van der Waals surface area (Å²) in [6.07, 6.45) is 1.89. The van der Waals surface area contributed by atoms with Gasteiger partial charge in [-0.2, -0.15) is 0 Å². The van der Waals surface area contributed by atoms with E-state index in [1.165, 1.54) is 5.56 Å². The van der Waals surface area contributed by atoms with Gasteiger partial charge >= 0.3 is 0 Å². The molecule has 0 nitrogen and oxygen atoms in total. The molecule has 1 rings (SSSR count). The lowest BCUT2D eigenvalue weighted by Gasteiger charge is -2.03. The van der Waals surface area contributed by atoms with Crippen LogP contribution in [0.3, 0.4) is 0 Å². The maximum absolute atomic E-state index is 5.55. The third kappa shape index (κ3) is 4.91. The van der Waals surface area contributed by atoms with Crippen molar-refractivity contribution in [3.63, 3.8) is 0 Å². The molecule has 0 amide bonds. The zero-order valence-corrected chi connectivity index (χ0v) is 10.1. The summed E-state index contributed by atoms with van der Waals surface area (Å²) >= 11 is 5.55. The number of alkyl halides is 1. The van der Waals surface area contributed by atoms with Crippen LogP contribution in [0.4, 0.5) is 0 Å². The van der Waals surface area contributed by atoms with Gasteiger partial charge in [-0.15, -0.1) is 11.6 Å². The summed E-state index contributed by atoms with van der Waals surface area (Å²) in [6.45, 7) is 4.46. The van der Waals surface area contributed by atoms with Crippen molar-refractivity contribution in [3.05, 3.63) is 35.4 Å². The summed E-state index contributed by atoms with van der Waals surface area (Å²) in [7, 11) is 0. The molecular weight excluding hydrogens is 204 g/mol. The van der Waals surface area contributed by atoms with Crippen molar-refractivity contribution in [1.29, 1.82) is 0 Å². The van der Waals surface area contributed by atoms with E-state index in [-0.39, 0.29) is 0 Å². The molecule has 80 valence electrons. The average Bonchev–Trinajstić information content (AvgIpc) is 2.20. The molecule has 0 aliphatic carbocycles. The molecule has 0 spiro atoms. The molecule has 1 aromatic carbocycles. The Bertz CT molecular complexity index is 338. The van der Waals surface area contributed by atoms with Crippen LogP contribution in [0.25, 0.3) is 0 Å². The van der Waals surface area contributed by atoms with E-state index in [9.17, 15) is 0 Å². The van der Waals surface area contributed by atoms with Gasteiger partial charge in [0, 0.05) is 17.9 Å². The number of hydrogen-bond acceptors (Lipinski definition) is 0. The molecule has 0 aromatic heterocycles. The van der Waals surface area contributed by atoms with E-state index in [2.05, 4.69) is 50.0 Å². The van der Waals surface area contributed by atoms with Crippen LogP contribution in [-0.2, 0) is 6.42 Å². The molecule has 0 saturated carbocycles. The second-order valence-electron chi connectivity index (χ2n) is 4.04. The van der Waals surface area contributed by atoms with Crippen LogP contribution < -0.4 is 0 Å². The predicted molar refractivity (Wildman–Crippen MR) is 67.2 cm³/mol. The first kappa shape index (κ1) is 12.1. The summed E-state index contributed by atoms with van der Waals surface area (Å²) in [5.41, 5.74) is 2.46. The molecule has 0 aliphatic heterocycles. The van der Waals surface area contributed by atoms with Gasteiger partial charge in [-0.3, -0.25) is 0 Å². The maximum atomic E-state index is 5.55. The highest BCUT2D eigenvalue weighted by atomic mass is 35.5. The van der Waals surface area contributed by atoms with Crippen LogP contribution in [-0.4, -0.2) is 5.88 Å². The first-order chi connectivity index (χ1) is 7.22. The van der Waals surface area contributed by atoms with E-state index in [1.807, 2.05) is 0 Å². The molecule has 0 atom stereocenters. The van der Waals surface area contributed by atoms with Crippen LogP contribution in [0.2, 0.25) is 0 Å². The number of halogens is 1.